The first-order chi connectivity index (χ1) is 15.0. The molecule has 0 aliphatic carbocycles. The Bertz CT molecular complexity index is 778. The van der Waals surface area contributed by atoms with Crippen LogP contribution in [-0.4, -0.2) is 72.1 Å². The number of ether oxygens (including phenoxy) is 2. The minimum absolute atomic E-state index is 0.0531. The molecule has 1 fully saturated rings. The molecule has 1 unspecified atom stereocenters. The molecule has 1 atom stereocenters. The molecule has 1 N–H and O–H groups in total. The van der Waals surface area contributed by atoms with E-state index in [1.165, 1.54) is 5.56 Å². The molecule has 1 aliphatic rings. The zero-order chi connectivity index (χ0) is 23.9. The van der Waals surface area contributed by atoms with E-state index in [1.807, 2.05) is 24.3 Å². The van der Waals surface area contributed by atoms with Gasteiger partial charge in [-0.25, -0.2) is 4.79 Å². The predicted molar refractivity (Wildman–Crippen MR) is 123 cm³/mol. The number of benzene rings is 1. The lowest BCUT2D eigenvalue weighted by Gasteiger charge is -2.36. The Labute approximate surface area is 191 Å². The highest BCUT2D eigenvalue weighted by molar-refractivity contribution is 5.82. The van der Waals surface area contributed by atoms with Gasteiger partial charge < -0.3 is 24.6 Å². The summed E-state index contributed by atoms with van der Waals surface area (Å²) >= 11 is 0. The molecule has 1 saturated heterocycles. The van der Waals surface area contributed by atoms with Crippen molar-refractivity contribution in [1.82, 2.24) is 15.1 Å². The van der Waals surface area contributed by atoms with E-state index < -0.39 is 17.8 Å². The summed E-state index contributed by atoms with van der Waals surface area (Å²) in [5.41, 5.74) is 0.647. The van der Waals surface area contributed by atoms with Gasteiger partial charge in [0.15, 0.2) is 6.10 Å². The van der Waals surface area contributed by atoms with Crippen LogP contribution in [0.4, 0.5) is 4.79 Å². The van der Waals surface area contributed by atoms with Crippen LogP contribution in [0.15, 0.2) is 24.3 Å². The van der Waals surface area contributed by atoms with Gasteiger partial charge in [0.1, 0.15) is 11.4 Å². The van der Waals surface area contributed by atoms with Gasteiger partial charge in [-0.1, -0.05) is 26.0 Å². The van der Waals surface area contributed by atoms with Gasteiger partial charge in [-0.3, -0.25) is 9.59 Å². The average molecular weight is 448 g/mol. The molecule has 178 valence electrons. The Morgan fingerprint density at radius 2 is 1.53 bits per heavy atom. The predicted octanol–water partition coefficient (Wildman–Crippen LogP) is 3.16. The monoisotopic (exact) mass is 447 g/mol. The smallest absolute Gasteiger partial charge is 0.407 e. The zero-order valence-electron chi connectivity index (χ0n) is 20.1. The van der Waals surface area contributed by atoms with Crippen molar-refractivity contribution in [2.45, 2.75) is 65.6 Å². The number of nitrogens with one attached hydrogen (secondary N) is 1. The third-order valence-electron chi connectivity index (χ3n) is 5.16. The number of carbonyl (C=O) groups is 3. The molecule has 8 nitrogen and oxygen atoms in total. The van der Waals surface area contributed by atoms with Crippen molar-refractivity contribution in [3.8, 4) is 5.75 Å². The Morgan fingerprint density at radius 1 is 0.969 bits per heavy atom. The number of carbonyl (C=O) groups excluding carboxylic acids is 3. The van der Waals surface area contributed by atoms with Crippen molar-refractivity contribution in [2.75, 3.05) is 32.7 Å². The van der Waals surface area contributed by atoms with Crippen LogP contribution in [0, 0.1) is 0 Å². The van der Waals surface area contributed by atoms with Crippen molar-refractivity contribution >= 4 is 17.9 Å². The molecule has 0 bridgehead atoms. The van der Waals surface area contributed by atoms with Crippen molar-refractivity contribution in [3.63, 3.8) is 0 Å². The topological polar surface area (TPSA) is 88.2 Å². The normalized spacial score (nSPS) is 15.3. The number of hydrogen-bond acceptors (Lipinski definition) is 5. The summed E-state index contributed by atoms with van der Waals surface area (Å²) in [6, 6.07) is 7.81. The summed E-state index contributed by atoms with van der Waals surface area (Å²) in [7, 11) is 0. The van der Waals surface area contributed by atoms with Gasteiger partial charge in [-0.2, -0.15) is 0 Å². The second-order valence-corrected chi connectivity index (χ2v) is 9.37. The van der Waals surface area contributed by atoms with E-state index in [2.05, 4.69) is 19.2 Å². The first-order valence-corrected chi connectivity index (χ1v) is 11.3. The molecule has 0 saturated carbocycles. The fourth-order valence-corrected chi connectivity index (χ4v) is 3.36. The molecule has 3 amide bonds. The fourth-order valence-electron chi connectivity index (χ4n) is 3.36. The summed E-state index contributed by atoms with van der Waals surface area (Å²) < 4.78 is 11.0. The molecule has 0 aromatic heterocycles. The van der Waals surface area contributed by atoms with Gasteiger partial charge in [-0.05, 0) is 51.3 Å². The third kappa shape index (κ3) is 8.05. The summed E-state index contributed by atoms with van der Waals surface area (Å²) in [5.74, 6) is 0.969. The molecule has 1 heterocycles. The highest BCUT2D eigenvalue weighted by Gasteiger charge is 2.28. The van der Waals surface area contributed by atoms with Crippen LogP contribution in [0.3, 0.4) is 0 Å². The van der Waals surface area contributed by atoms with Crippen LogP contribution in [0.25, 0.3) is 0 Å². The third-order valence-corrected chi connectivity index (χ3v) is 5.16. The molecule has 0 radical (unpaired) electrons. The summed E-state index contributed by atoms with van der Waals surface area (Å²) in [6.07, 6.45) is -0.937. The molecule has 1 aromatic carbocycles. The van der Waals surface area contributed by atoms with Gasteiger partial charge in [0.2, 0.25) is 5.91 Å². The highest BCUT2D eigenvalue weighted by Crippen LogP contribution is 2.20. The number of rotatable bonds is 7. The molecule has 1 aliphatic heterocycles. The Morgan fingerprint density at radius 3 is 2.06 bits per heavy atom. The van der Waals surface area contributed by atoms with Gasteiger partial charge in [0.05, 0.1) is 0 Å². The van der Waals surface area contributed by atoms with Crippen LogP contribution >= 0.6 is 0 Å². The number of hydrogen-bond donors (Lipinski definition) is 1. The van der Waals surface area contributed by atoms with E-state index in [0.717, 1.165) is 0 Å². The SMILES string of the molecule is CC(Oc1ccc(C(C)C)cc1)C(=O)N1CCN(C(=O)CCNC(=O)OC(C)(C)C)CC1. The molecule has 8 heteroatoms. The van der Waals surface area contributed by atoms with E-state index in [1.54, 1.807) is 37.5 Å². The quantitative estimate of drug-likeness (QED) is 0.694. The molecule has 32 heavy (non-hydrogen) atoms. The summed E-state index contributed by atoms with van der Waals surface area (Å²) in [4.78, 5) is 40.3. The van der Waals surface area contributed by atoms with Crippen LogP contribution in [-0.2, 0) is 14.3 Å². The number of piperazine rings is 1. The van der Waals surface area contributed by atoms with E-state index in [-0.39, 0.29) is 24.8 Å². The fraction of sp³-hybridized carbons (Fsp3) is 0.625. The second kappa shape index (κ2) is 11.2. The Balaban J connectivity index is 1.73. The van der Waals surface area contributed by atoms with Crippen LogP contribution < -0.4 is 10.1 Å². The van der Waals surface area contributed by atoms with Gasteiger partial charge in [0.25, 0.3) is 5.91 Å². The van der Waals surface area contributed by atoms with E-state index in [4.69, 9.17) is 9.47 Å². The highest BCUT2D eigenvalue weighted by atomic mass is 16.6. The summed E-state index contributed by atoms with van der Waals surface area (Å²) in [5, 5.41) is 2.59. The van der Waals surface area contributed by atoms with Gasteiger partial charge in [0, 0.05) is 39.1 Å². The maximum Gasteiger partial charge on any atom is 0.407 e. The van der Waals surface area contributed by atoms with Crippen molar-refractivity contribution < 1.29 is 23.9 Å². The largest absolute Gasteiger partial charge is 0.481 e. The lowest BCUT2D eigenvalue weighted by atomic mass is 10.0. The Hall–Kier alpha value is -2.77. The standard InChI is InChI=1S/C24H37N3O5/c1-17(2)19-7-9-20(10-8-19)31-18(3)22(29)27-15-13-26(14-16-27)21(28)11-12-25-23(30)32-24(4,5)6/h7-10,17-18H,11-16H2,1-6H3,(H,25,30). The molecule has 2 rings (SSSR count). The number of nitrogens with zero attached hydrogens (tertiary/aromatic N) is 2. The molecular weight excluding hydrogens is 410 g/mol. The summed E-state index contributed by atoms with van der Waals surface area (Å²) in [6.45, 7) is 13.4. The van der Waals surface area contributed by atoms with Crippen molar-refractivity contribution in [2.24, 2.45) is 0 Å². The van der Waals surface area contributed by atoms with Crippen molar-refractivity contribution in [1.29, 1.82) is 0 Å². The van der Waals surface area contributed by atoms with Crippen LogP contribution in [0.2, 0.25) is 0 Å². The van der Waals surface area contributed by atoms with E-state index in [0.29, 0.717) is 37.8 Å². The second-order valence-electron chi connectivity index (χ2n) is 9.37. The minimum Gasteiger partial charge on any atom is -0.481 e. The molecule has 1 aromatic rings. The number of alkyl carbamates (subject to hydrolysis) is 1. The van der Waals surface area contributed by atoms with E-state index in [9.17, 15) is 14.4 Å². The van der Waals surface area contributed by atoms with Crippen molar-refractivity contribution in [3.05, 3.63) is 29.8 Å². The van der Waals surface area contributed by atoms with Gasteiger partial charge in [-0.15, -0.1) is 0 Å². The molecular formula is C24H37N3O5. The van der Waals surface area contributed by atoms with E-state index >= 15 is 0 Å². The Kier molecular flexibility index (Phi) is 8.92. The van der Waals surface area contributed by atoms with Crippen LogP contribution in [0.1, 0.15) is 59.4 Å². The molecule has 0 spiro atoms. The number of amides is 3. The van der Waals surface area contributed by atoms with Gasteiger partial charge >= 0.3 is 6.09 Å². The zero-order valence-corrected chi connectivity index (χ0v) is 20.1. The lowest BCUT2D eigenvalue weighted by Crippen LogP contribution is -2.53. The first-order valence-electron chi connectivity index (χ1n) is 11.3. The first kappa shape index (κ1) is 25.5. The van der Waals surface area contributed by atoms with Crippen LogP contribution in [0.5, 0.6) is 5.75 Å². The average Bonchev–Trinajstić information content (AvgIpc) is 2.72. The maximum absolute atomic E-state index is 12.8. The minimum atomic E-state index is -0.597. The maximum atomic E-state index is 12.8. The lowest BCUT2D eigenvalue weighted by molar-refractivity contribution is -0.143.